The molecular weight excluding hydrogens is 379 g/mol. The number of methoxy groups -OCH3 is 3. The van der Waals surface area contributed by atoms with Gasteiger partial charge in [-0.1, -0.05) is 23.2 Å². The number of aromatic hydroxyl groups is 1. The Morgan fingerprint density at radius 3 is 2.27 bits per heavy atom. The molecule has 0 spiro atoms. The van der Waals surface area contributed by atoms with Gasteiger partial charge in [0.1, 0.15) is 5.75 Å². The van der Waals surface area contributed by atoms with Crippen molar-refractivity contribution in [3.05, 3.63) is 45.4 Å². The van der Waals surface area contributed by atoms with Crippen LogP contribution in [0.5, 0.6) is 23.0 Å². The normalized spacial score (nSPS) is 16.0. The third-order valence-electron chi connectivity index (χ3n) is 4.18. The van der Waals surface area contributed by atoms with E-state index < -0.39 is 0 Å². The van der Waals surface area contributed by atoms with Gasteiger partial charge in [0.15, 0.2) is 11.5 Å². The summed E-state index contributed by atoms with van der Waals surface area (Å²) in [5, 5.41) is 15.2. The summed E-state index contributed by atoms with van der Waals surface area (Å²) in [5.41, 5.74) is 5.14. The average molecular weight is 397 g/mol. The summed E-state index contributed by atoms with van der Waals surface area (Å²) in [4.78, 5) is 0. The molecule has 0 fully saturated rings. The van der Waals surface area contributed by atoms with Gasteiger partial charge in [0.2, 0.25) is 5.75 Å². The zero-order valence-corrected chi connectivity index (χ0v) is 16.0. The van der Waals surface area contributed by atoms with E-state index in [-0.39, 0.29) is 16.8 Å². The van der Waals surface area contributed by atoms with Crippen LogP contribution in [0.25, 0.3) is 0 Å². The standard InChI is InChI=1S/C18H18Cl2N2O4/c1-24-15-4-9(5-16(25-2)18(15)26-3)13-8-14(22-21-13)11-6-10(19)7-12(20)17(11)23/h4-7,13,21,23H,8H2,1-3H3/t13-/m1/s1. The molecule has 0 saturated heterocycles. The van der Waals surface area contributed by atoms with Crippen LogP contribution in [-0.2, 0) is 0 Å². The number of phenols is 1. The van der Waals surface area contributed by atoms with Crippen LogP contribution >= 0.6 is 23.2 Å². The highest BCUT2D eigenvalue weighted by Crippen LogP contribution is 2.41. The van der Waals surface area contributed by atoms with Gasteiger partial charge in [-0.3, -0.25) is 0 Å². The molecule has 0 aromatic heterocycles. The van der Waals surface area contributed by atoms with Gasteiger partial charge in [-0.05, 0) is 29.8 Å². The summed E-state index contributed by atoms with van der Waals surface area (Å²) in [5.74, 6) is 1.61. The Hall–Kier alpha value is -2.31. The van der Waals surface area contributed by atoms with Crippen LogP contribution in [-0.4, -0.2) is 32.1 Å². The predicted molar refractivity (Wildman–Crippen MR) is 101 cm³/mol. The van der Waals surface area contributed by atoms with E-state index in [1.807, 2.05) is 12.1 Å². The lowest BCUT2D eigenvalue weighted by Gasteiger charge is -2.17. The maximum absolute atomic E-state index is 10.2. The number of hydrogen-bond donors (Lipinski definition) is 2. The first-order valence-electron chi connectivity index (χ1n) is 7.78. The van der Waals surface area contributed by atoms with Gasteiger partial charge in [-0.15, -0.1) is 0 Å². The molecule has 0 saturated carbocycles. The molecule has 2 aromatic carbocycles. The van der Waals surface area contributed by atoms with Crippen LogP contribution in [0, 0.1) is 0 Å². The Kier molecular flexibility index (Phi) is 5.34. The van der Waals surface area contributed by atoms with E-state index in [0.29, 0.717) is 40.0 Å². The molecule has 0 amide bonds. The lowest BCUT2D eigenvalue weighted by molar-refractivity contribution is 0.323. The number of halogens is 2. The van der Waals surface area contributed by atoms with Crippen molar-refractivity contribution in [1.82, 2.24) is 5.43 Å². The number of hydrazone groups is 1. The Labute approximate surface area is 161 Å². The van der Waals surface area contributed by atoms with E-state index in [1.165, 1.54) is 6.07 Å². The topological polar surface area (TPSA) is 72.3 Å². The second-order valence-corrected chi connectivity index (χ2v) is 6.53. The minimum absolute atomic E-state index is 0.0397. The van der Waals surface area contributed by atoms with Gasteiger partial charge in [0.05, 0.1) is 38.1 Å². The summed E-state index contributed by atoms with van der Waals surface area (Å²) in [6.07, 6.45) is 0.531. The predicted octanol–water partition coefficient (Wildman–Crippen LogP) is 4.16. The van der Waals surface area contributed by atoms with Crippen molar-refractivity contribution in [2.24, 2.45) is 5.10 Å². The maximum atomic E-state index is 10.2. The van der Waals surface area contributed by atoms with Crippen molar-refractivity contribution in [2.75, 3.05) is 21.3 Å². The fourth-order valence-electron chi connectivity index (χ4n) is 2.89. The molecule has 138 valence electrons. The SMILES string of the molecule is COc1cc([C@H]2CC(c3cc(Cl)cc(Cl)c3O)=NN2)cc(OC)c1OC. The zero-order chi connectivity index (χ0) is 18.8. The minimum atomic E-state index is -0.129. The van der Waals surface area contributed by atoms with E-state index in [4.69, 9.17) is 37.4 Å². The summed E-state index contributed by atoms with van der Waals surface area (Å²) in [7, 11) is 4.69. The van der Waals surface area contributed by atoms with Gasteiger partial charge in [-0.2, -0.15) is 5.10 Å². The third kappa shape index (κ3) is 3.34. The number of hydrogen-bond acceptors (Lipinski definition) is 6. The van der Waals surface area contributed by atoms with Gasteiger partial charge in [-0.25, -0.2) is 0 Å². The van der Waals surface area contributed by atoms with E-state index >= 15 is 0 Å². The number of ether oxygens (including phenoxy) is 3. The van der Waals surface area contributed by atoms with Crippen LogP contribution in [0.1, 0.15) is 23.6 Å². The minimum Gasteiger partial charge on any atom is -0.506 e. The highest BCUT2D eigenvalue weighted by molar-refractivity contribution is 6.36. The fourth-order valence-corrected chi connectivity index (χ4v) is 3.38. The molecule has 1 heterocycles. The quantitative estimate of drug-likeness (QED) is 0.793. The summed E-state index contributed by atoms with van der Waals surface area (Å²) >= 11 is 12.1. The highest BCUT2D eigenvalue weighted by Gasteiger charge is 2.26. The molecule has 1 aliphatic rings. The Morgan fingerprint density at radius 1 is 1.04 bits per heavy atom. The van der Waals surface area contributed by atoms with E-state index in [0.717, 1.165) is 5.56 Å². The first-order valence-corrected chi connectivity index (χ1v) is 8.54. The molecule has 0 aliphatic carbocycles. The van der Waals surface area contributed by atoms with Gasteiger partial charge in [0.25, 0.3) is 0 Å². The number of nitrogens with zero attached hydrogens (tertiary/aromatic N) is 1. The molecule has 26 heavy (non-hydrogen) atoms. The van der Waals surface area contributed by atoms with E-state index in [2.05, 4.69) is 10.5 Å². The van der Waals surface area contributed by atoms with Gasteiger partial charge in [0, 0.05) is 17.0 Å². The molecular formula is C18H18Cl2N2O4. The van der Waals surface area contributed by atoms with Crippen molar-refractivity contribution in [1.29, 1.82) is 0 Å². The number of phenolic OH excluding ortho intramolecular Hbond substituents is 1. The number of rotatable bonds is 5. The van der Waals surface area contributed by atoms with Crippen molar-refractivity contribution in [2.45, 2.75) is 12.5 Å². The van der Waals surface area contributed by atoms with Gasteiger partial charge >= 0.3 is 0 Å². The zero-order valence-electron chi connectivity index (χ0n) is 14.5. The molecule has 1 atom stereocenters. The maximum Gasteiger partial charge on any atom is 0.203 e. The van der Waals surface area contributed by atoms with Crippen molar-refractivity contribution < 1.29 is 19.3 Å². The molecule has 2 N–H and O–H groups in total. The molecule has 0 bridgehead atoms. The molecule has 0 radical (unpaired) electrons. The van der Waals surface area contributed by atoms with E-state index in [1.54, 1.807) is 27.4 Å². The molecule has 2 aromatic rings. The average Bonchev–Trinajstić information content (AvgIpc) is 3.13. The van der Waals surface area contributed by atoms with Crippen LogP contribution in [0.4, 0.5) is 0 Å². The smallest absolute Gasteiger partial charge is 0.203 e. The number of nitrogens with one attached hydrogen (secondary N) is 1. The summed E-state index contributed by atoms with van der Waals surface area (Å²) in [6.45, 7) is 0. The fraction of sp³-hybridized carbons (Fsp3) is 0.278. The Bertz CT molecular complexity index is 846. The van der Waals surface area contributed by atoms with Gasteiger partial charge < -0.3 is 24.7 Å². The molecule has 6 nitrogen and oxygen atoms in total. The lowest BCUT2D eigenvalue weighted by Crippen LogP contribution is -2.11. The first kappa shape index (κ1) is 18.5. The highest BCUT2D eigenvalue weighted by atomic mass is 35.5. The third-order valence-corrected chi connectivity index (χ3v) is 4.69. The van der Waals surface area contributed by atoms with E-state index in [9.17, 15) is 5.11 Å². The largest absolute Gasteiger partial charge is 0.506 e. The van der Waals surface area contributed by atoms with Crippen LogP contribution in [0.2, 0.25) is 10.0 Å². The molecule has 3 rings (SSSR count). The van der Waals surface area contributed by atoms with Crippen LogP contribution in [0.3, 0.4) is 0 Å². The van der Waals surface area contributed by atoms with Crippen molar-refractivity contribution in [3.63, 3.8) is 0 Å². The second-order valence-electron chi connectivity index (χ2n) is 5.69. The molecule has 1 aliphatic heterocycles. The second kappa shape index (κ2) is 7.51. The monoisotopic (exact) mass is 396 g/mol. The lowest BCUT2D eigenvalue weighted by atomic mass is 9.98. The summed E-state index contributed by atoms with van der Waals surface area (Å²) < 4.78 is 16.1. The molecule has 0 unspecified atom stereocenters. The van der Waals surface area contributed by atoms with Crippen LogP contribution in [0.15, 0.2) is 29.4 Å². The molecule has 8 heteroatoms. The summed E-state index contributed by atoms with van der Waals surface area (Å²) in [6, 6.07) is 6.73. The van der Waals surface area contributed by atoms with Crippen molar-refractivity contribution in [3.8, 4) is 23.0 Å². The number of benzene rings is 2. The Balaban J connectivity index is 1.91. The first-order chi connectivity index (χ1) is 12.5. The van der Waals surface area contributed by atoms with Crippen molar-refractivity contribution >= 4 is 28.9 Å². The van der Waals surface area contributed by atoms with Crippen LogP contribution < -0.4 is 19.6 Å². The Morgan fingerprint density at radius 2 is 1.69 bits per heavy atom.